The fraction of sp³-hybridized carbons (Fsp3) is 0.100. The molecule has 1 amide bonds. The number of anilines is 1. The molecule has 4 nitrogen and oxygen atoms in total. The van der Waals surface area contributed by atoms with Crippen LogP contribution in [0.4, 0.5) is 5.69 Å². The van der Waals surface area contributed by atoms with Gasteiger partial charge in [-0.25, -0.2) is 4.98 Å². The molecule has 1 aromatic carbocycles. The third kappa shape index (κ3) is 3.06. The molecule has 0 spiro atoms. The van der Waals surface area contributed by atoms with Gasteiger partial charge in [0.1, 0.15) is 5.65 Å². The van der Waals surface area contributed by atoms with Gasteiger partial charge in [-0.15, -0.1) is 11.3 Å². The van der Waals surface area contributed by atoms with E-state index in [1.807, 2.05) is 88.6 Å². The zero-order chi connectivity index (χ0) is 17.2. The first-order valence-corrected chi connectivity index (χ1v) is 8.93. The number of carbonyl (C=O) groups is 1. The minimum Gasteiger partial charge on any atom is -0.302 e. The van der Waals surface area contributed by atoms with Crippen LogP contribution in [0.5, 0.6) is 0 Å². The van der Waals surface area contributed by atoms with Gasteiger partial charge in [0.15, 0.2) is 0 Å². The summed E-state index contributed by atoms with van der Waals surface area (Å²) < 4.78 is 2.02. The van der Waals surface area contributed by atoms with Gasteiger partial charge in [0, 0.05) is 11.9 Å². The molecule has 0 aliphatic rings. The number of benzene rings is 1. The summed E-state index contributed by atoms with van der Waals surface area (Å²) in [6.45, 7) is 2.47. The van der Waals surface area contributed by atoms with Crippen molar-refractivity contribution in [3.8, 4) is 0 Å². The highest BCUT2D eigenvalue weighted by Gasteiger charge is 2.20. The zero-order valence-electron chi connectivity index (χ0n) is 13.8. The van der Waals surface area contributed by atoms with E-state index in [1.54, 1.807) is 0 Å². The Labute approximate surface area is 150 Å². The van der Waals surface area contributed by atoms with Gasteiger partial charge < -0.3 is 9.30 Å². The first-order chi connectivity index (χ1) is 12.2. The lowest BCUT2D eigenvalue weighted by Crippen LogP contribution is -2.30. The minimum absolute atomic E-state index is 0.00943. The van der Waals surface area contributed by atoms with E-state index in [4.69, 9.17) is 0 Å². The summed E-state index contributed by atoms with van der Waals surface area (Å²) in [6, 6.07) is 17.6. The van der Waals surface area contributed by atoms with Crippen molar-refractivity contribution in [2.75, 3.05) is 4.90 Å². The monoisotopic (exact) mass is 347 g/mol. The van der Waals surface area contributed by atoms with Crippen LogP contribution < -0.4 is 4.90 Å². The van der Waals surface area contributed by atoms with Crippen LogP contribution in [0.3, 0.4) is 0 Å². The molecule has 3 heterocycles. The van der Waals surface area contributed by atoms with E-state index in [0.29, 0.717) is 6.54 Å². The standard InChI is InChI=1S/C20H17N3OS/c1-15-11-18(25-14-15)20(24)23(16-7-3-2-4-8-16)13-17-12-21-19-9-5-6-10-22(17)19/h2-12,14H,13H2,1H3. The Kier molecular flexibility index (Phi) is 4.07. The molecule has 25 heavy (non-hydrogen) atoms. The highest BCUT2D eigenvalue weighted by Crippen LogP contribution is 2.23. The second-order valence-electron chi connectivity index (χ2n) is 5.89. The highest BCUT2D eigenvalue weighted by molar-refractivity contribution is 7.12. The molecule has 0 atom stereocenters. The Morgan fingerprint density at radius 2 is 1.96 bits per heavy atom. The van der Waals surface area contributed by atoms with Crippen molar-refractivity contribution in [1.82, 2.24) is 9.38 Å². The first-order valence-electron chi connectivity index (χ1n) is 8.05. The van der Waals surface area contributed by atoms with Crippen molar-refractivity contribution in [1.29, 1.82) is 0 Å². The lowest BCUT2D eigenvalue weighted by molar-refractivity contribution is 0.0988. The Morgan fingerprint density at radius 3 is 2.72 bits per heavy atom. The van der Waals surface area contributed by atoms with Crippen molar-refractivity contribution in [3.05, 3.63) is 88.5 Å². The lowest BCUT2D eigenvalue weighted by Gasteiger charge is -2.22. The smallest absolute Gasteiger partial charge is 0.268 e. The topological polar surface area (TPSA) is 37.6 Å². The third-order valence-corrected chi connectivity index (χ3v) is 5.10. The van der Waals surface area contributed by atoms with Crippen LogP contribution in [-0.2, 0) is 6.54 Å². The summed E-state index contributed by atoms with van der Waals surface area (Å²) in [5.74, 6) is 0.00943. The van der Waals surface area contributed by atoms with Gasteiger partial charge in [0.2, 0.25) is 0 Å². The van der Waals surface area contributed by atoms with Crippen LogP contribution in [0.15, 0.2) is 72.4 Å². The second kappa shape index (κ2) is 6.53. The first kappa shape index (κ1) is 15.6. The van der Waals surface area contributed by atoms with Crippen LogP contribution in [0.25, 0.3) is 5.65 Å². The van der Waals surface area contributed by atoms with E-state index in [2.05, 4.69) is 4.98 Å². The predicted molar refractivity (Wildman–Crippen MR) is 101 cm³/mol. The largest absolute Gasteiger partial charge is 0.302 e. The molecule has 0 unspecified atom stereocenters. The number of imidazole rings is 1. The molecule has 0 aliphatic carbocycles. The Bertz CT molecular complexity index is 1020. The zero-order valence-corrected chi connectivity index (χ0v) is 14.6. The van der Waals surface area contributed by atoms with E-state index in [9.17, 15) is 4.79 Å². The maximum atomic E-state index is 13.1. The van der Waals surface area contributed by atoms with E-state index < -0.39 is 0 Å². The number of aromatic nitrogens is 2. The fourth-order valence-electron chi connectivity index (χ4n) is 2.83. The molecule has 0 saturated heterocycles. The Morgan fingerprint density at radius 1 is 1.16 bits per heavy atom. The molecule has 0 aliphatic heterocycles. The normalized spacial score (nSPS) is 10.9. The van der Waals surface area contributed by atoms with Crippen molar-refractivity contribution >= 4 is 28.6 Å². The van der Waals surface area contributed by atoms with Crippen molar-refractivity contribution in [2.24, 2.45) is 0 Å². The van der Waals surface area contributed by atoms with E-state index in [1.165, 1.54) is 11.3 Å². The molecule has 4 aromatic rings. The number of hydrogen-bond donors (Lipinski definition) is 0. The van der Waals surface area contributed by atoms with Crippen molar-refractivity contribution < 1.29 is 4.79 Å². The van der Waals surface area contributed by atoms with Crippen LogP contribution in [-0.4, -0.2) is 15.3 Å². The number of para-hydroxylation sites is 1. The highest BCUT2D eigenvalue weighted by atomic mass is 32.1. The molecule has 124 valence electrons. The molecule has 0 bridgehead atoms. The van der Waals surface area contributed by atoms with E-state index >= 15 is 0 Å². The predicted octanol–water partition coefficient (Wildman–Crippen LogP) is 4.55. The van der Waals surface area contributed by atoms with Crippen LogP contribution in [0, 0.1) is 6.92 Å². The molecule has 0 radical (unpaired) electrons. The summed E-state index contributed by atoms with van der Waals surface area (Å²) in [5, 5.41) is 2.00. The second-order valence-corrected chi connectivity index (χ2v) is 6.80. The number of thiophene rings is 1. The van der Waals surface area contributed by atoms with Crippen LogP contribution >= 0.6 is 11.3 Å². The van der Waals surface area contributed by atoms with E-state index in [-0.39, 0.29) is 5.91 Å². The maximum absolute atomic E-state index is 13.1. The Hall–Kier alpha value is -2.92. The van der Waals surface area contributed by atoms with Gasteiger partial charge in [0.25, 0.3) is 5.91 Å². The fourth-order valence-corrected chi connectivity index (χ4v) is 3.67. The number of carbonyl (C=O) groups excluding carboxylic acids is 1. The average molecular weight is 347 g/mol. The summed E-state index contributed by atoms with van der Waals surface area (Å²) in [4.78, 5) is 20.1. The summed E-state index contributed by atoms with van der Waals surface area (Å²) >= 11 is 1.48. The number of aryl methyl sites for hydroxylation is 1. The van der Waals surface area contributed by atoms with Gasteiger partial charge in [-0.3, -0.25) is 4.79 Å². The number of nitrogens with zero attached hydrogens (tertiary/aromatic N) is 3. The number of hydrogen-bond acceptors (Lipinski definition) is 3. The number of fused-ring (bicyclic) bond motifs is 1. The quantitative estimate of drug-likeness (QED) is 0.543. The van der Waals surface area contributed by atoms with Gasteiger partial charge in [-0.1, -0.05) is 24.3 Å². The molecule has 4 rings (SSSR count). The minimum atomic E-state index is 0.00943. The SMILES string of the molecule is Cc1csc(C(=O)N(Cc2cnc3ccccn23)c2ccccc2)c1. The van der Waals surface area contributed by atoms with Crippen LogP contribution in [0.2, 0.25) is 0 Å². The molecular formula is C20H17N3OS. The van der Waals surface area contributed by atoms with Crippen LogP contribution in [0.1, 0.15) is 20.9 Å². The molecule has 0 N–H and O–H groups in total. The van der Waals surface area contributed by atoms with Gasteiger partial charge in [-0.2, -0.15) is 0 Å². The maximum Gasteiger partial charge on any atom is 0.268 e. The average Bonchev–Trinajstić information content (AvgIpc) is 3.26. The van der Waals surface area contributed by atoms with Gasteiger partial charge in [0.05, 0.1) is 23.3 Å². The molecule has 0 saturated carbocycles. The summed E-state index contributed by atoms with van der Waals surface area (Å²) in [5.41, 5.74) is 3.84. The summed E-state index contributed by atoms with van der Waals surface area (Å²) in [7, 11) is 0. The van der Waals surface area contributed by atoms with Crippen molar-refractivity contribution in [2.45, 2.75) is 13.5 Å². The molecule has 3 aromatic heterocycles. The third-order valence-electron chi connectivity index (χ3n) is 4.07. The van der Waals surface area contributed by atoms with E-state index in [0.717, 1.165) is 27.5 Å². The Balaban J connectivity index is 1.74. The van der Waals surface area contributed by atoms with Crippen molar-refractivity contribution in [3.63, 3.8) is 0 Å². The molecular weight excluding hydrogens is 330 g/mol. The number of pyridine rings is 1. The number of amides is 1. The summed E-state index contributed by atoms with van der Waals surface area (Å²) in [6.07, 6.45) is 3.80. The van der Waals surface area contributed by atoms with Gasteiger partial charge in [-0.05, 0) is 48.2 Å². The lowest BCUT2D eigenvalue weighted by atomic mass is 10.2. The van der Waals surface area contributed by atoms with Gasteiger partial charge >= 0.3 is 0 Å². The molecule has 5 heteroatoms. The molecule has 0 fully saturated rings. The number of rotatable bonds is 4.